The Morgan fingerprint density at radius 1 is 1.62 bits per heavy atom. The number of hydrogen-bond donors (Lipinski definition) is 1. The van der Waals surface area contributed by atoms with Crippen LogP contribution in [0.5, 0.6) is 0 Å². The zero-order chi connectivity index (χ0) is 10.0. The fourth-order valence-corrected chi connectivity index (χ4v) is 1.27. The van der Waals surface area contributed by atoms with Crippen molar-refractivity contribution in [3.63, 3.8) is 0 Å². The van der Waals surface area contributed by atoms with Gasteiger partial charge in [0.25, 0.3) is 0 Å². The molecule has 72 valence electrons. The maximum absolute atomic E-state index is 11.2. The molecule has 0 aromatic rings. The standard InChI is InChI=1S/C9H13NO3/c1-3-7(11)6-4-9(13)10(2)5-8(6)12/h12H,3-5H2,1-2H3. The third-order valence-electron chi connectivity index (χ3n) is 2.15. The molecule has 0 aromatic heterocycles. The molecule has 0 saturated heterocycles. The fourth-order valence-electron chi connectivity index (χ4n) is 1.27. The lowest BCUT2D eigenvalue weighted by molar-refractivity contribution is -0.131. The van der Waals surface area contributed by atoms with Gasteiger partial charge in [0.1, 0.15) is 5.76 Å². The number of likely N-dealkylation sites (N-methyl/N-ethyl adjacent to an activating group) is 1. The maximum Gasteiger partial charge on any atom is 0.227 e. The van der Waals surface area contributed by atoms with Gasteiger partial charge >= 0.3 is 0 Å². The fraction of sp³-hybridized carbons (Fsp3) is 0.556. The minimum absolute atomic E-state index is 0.0361. The Kier molecular flexibility index (Phi) is 2.70. The summed E-state index contributed by atoms with van der Waals surface area (Å²) >= 11 is 0. The first-order chi connectivity index (χ1) is 6.06. The lowest BCUT2D eigenvalue weighted by atomic mass is 10.0. The van der Waals surface area contributed by atoms with E-state index in [1.54, 1.807) is 14.0 Å². The smallest absolute Gasteiger partial charge is 0.227 e. The molecule has 1 rings (SSSR count). The van der Waals surface area contributed by atoms with E-state index in [9.17, 15) is 14.7 Å². The summed E-state index contributed by atoms with van der Waals surface area (Å²) in [6, 6.07) is 0. The SMILES string of the molecule is CCC(=O)C1=C(O)CN(C)C(=O)C1. The number of hydrogen-bond acceptors (Lipinski definition) is 3. The van der Waals surface area contributed by atoms with Gasteiger partial charge in [0, 0.05) is 19.0 Å². The molecule has 1 aliphatic rings. The molecule has 1 aliphatic heterocycles. The largest absolute Gasteiger partial charge is 0.510 e. The number of nitrogens with zero attached hydrogens (tertiary/aromatic N) is 1. The molecule has 4 nitrogen and oxygen atoms in total. The predicted octanol–water partition coefficient (Wildman–Crippen LogP) is 0.640. The molecule has 1 heterocycles. The summed E-state index contributed by atoms with van der Waals surface area (Å²) < 4.78 is 0. The first-order valence-electron chi connectivity index (χ1n) is 4.24. The third-order valence-corrected chi connectivity index (χ3v) is 2.15. The second-order valence-electron chi connectivity index (χ2n) is 3.13. The van der Waals surface area contributed by atoms with E-state index in [4.69, 9.17) is 0 Å². The lowest BCUT2D eigenvalue weighted by Gasteiger charge is -2.23. The van der Waals surface area contributed by atoms with Crippen LogP contribution in [0.15, 0.2) is 11.3 Å². The van der Waals surface area contributed by atoms with E-state index in [1.165, 1.54) is 4.90 Å². The van der Waals surface area contributed by atoms with Crippen molar-refractivity contribution in [3.8, 4) is 0 Å². The molecule has 0 radical (unpaired) electrons. The number of aliphatic hydroxyl groups is 1. The van der Waals surface area contributed by atoms with Crippen molar-refractivity contribution in [3.05, 3.63) is 11.3 Å². The molecule has 0 spiro atoms. The van der Waals surface area contributed by atoms with Crippen LogP contribution in [0.1, 0.15) is 19.8 Å². The molecule has 0 saturated carbocycles. The van der Waals surface area contributed by atoms with Crippen molar-refractivity contribution < 1.29 is 14.7 Å². The van der Waals surface area contributed by atoms with E-state index in [-0.39, 0.29) is 36.0 Å². The summed E-state index contributed by atoms with van der Waals surface area (Å²) in [6.07, 6.45) is 0.366. The number of Topliss-reactive ketones (excluding diaryl/α,β-unsaturated/α-hetero) is 1. The van der Waals surface area contributed by atoms with Crippen molar-refractivity contribution in [1.82, 2.24) is 4.90 Å². The summed E-state index contributed by atoms with van der Waals surface area (Å²) in [6.45, 7) is 1.87. The Bertz CT molecular complexity index is 281. The van der Waals surface area contributed by atoms with Crippen LogP contribution in [0.3, 0.4) is 0 Å². The number of aliphatic hydroxyl groups excluding tert-OH is 1. The van der Waals surface area contributed by atoms with Gasteiger partial charge in [-0.15, -0.1) is 0 Å². The molecule has 0 unspecified atom stereocenters. The van der Waals surface area contributed by atoms with Crippen LogP contribution in [0.25, 0.3) is 0 Å². The van der Waals surface area contributed by atoms with Crippen molar-refractivity contribution in [1.29, 1.82) is 0 Å². The first-order valence-corrected chi connectivity index (χ1v) is 4.24. The van der Waals surface area contributed by atoms with Crippen molar-refractivity contribution in [2.45, 2.75) is 19.8 Å². The average Bonchev–Trinajstić information content (AvgIpc) is 2.10. The molecule has 0 aromatic carbocycles. The molecular weight excluding hydrogens is 170 g/mol. The highest BCUT2D eigenvalue weighted by Gasteiger charge is 2.25. The quantitative estimate of drug-likeness (QED) is 0.683. The number of carbonyl (C=O) groups excluding carboxylic acids is 2. The number of ketones is 1. The minimum Gasteiger partial charge on any atom is -0.510 e. The number of carbonyl (C=O) groups is 2. The topological polar surface area (TPSA) is 57.6 Å². The van der Waals surface area contributed by atoms with Gasteiger partial charge in [-0.3, -0.25) is 9.59 Å². The Balaban J connectivity index is 2.90. The molecule has 0 fully saturated rings. The molecule has 0 atom stereocenters. The molecule has 1 amide bonds. The normalized spacial score (nSPS) is 18.0. The van der Waals surface area contributed by atoms with Gasteiger partial charge in [-0.05, 0) is 0 Å². The van der Waals surface area contributed by atoms with E-state index in [0.717, 1.165) is 0 Å². The molecule has 0 bridgehead atoms. The van der Waals surface area contributed by atoms with E-state index >= 15 is 0 Å². The van der Waals surface area contributed by atoms with Gasteiger partial charge in [0.2, 0.25) is 5.91 Å². The lowest BCUT2D eigenvalue weighted by Crippen LogP contribution is -2.35. The van der Waals surface area contributed by atoms with Gasteiger partial charge in [-0.1, -0.05) is 6.92 Å². The summed E-state index contributed by atoms with van der Waals surface area (Å²) in [5.41, 5.74) is 0.283. The second kappa shape index (κ2) is 3.60. The maximum atomic E-state index is 11.2. The predicted molar refractivity (Wildman–Crippen MR) is 47.2 cm³/mol. The third kappa shape index (κ3) is 1.88. The first kappa shape index (κ1) is 9.77. The summed E-state index contributed by atoms with van der Waals surface area (Å²) in [5, 5.41) is 9.42. The average molecular weight is 183 g/mol. The summed E-state index contributed by atoms with van der Waals surface area (Å²) in [5.74, 6) is -0.220. The highest BCUT2D eigenvalue weighted by molar-refractivity contribution is 6.01. The highest BCUT2D eigenvalue weighted by Crippen LogP contribution is 2.17. The Morgan fingerprint density at radius 2 is 2.23 bits per heavy atom. The van der Waals surface area contributed by atoms with Crippen molar-refractivity contribution in [2.24, 2.45) is 0 Å². The minimum atomic E-state index is -0.140. The summed E-state index contributed by atoms with van der Waals surface area (Å²) in [4.78, 5) is 23.8. The van der Waals surface area contributed by atoms with Crippen LogP contribution in [0.4, 0.5) is 0 Å². The Hall–Kier alpha value is -1.32. The van der Waals surface area contributed by atoms with Crippen LogP contribution < -0.4 is 0 Å². The monoisotopic (exact) mass is 183 g/mol. The summed E-state index contributed by atoms with van der Waals surface area (Å²) in [7, 11) is 1.60. The van der Waals surface area contributed by atoms with Crippen LogP contribution >= 0.6 is 0 Å². The van der Waals surface area contributed by atoms with Crippen LogP contribution in [0, 0.1) is 0 Å². The van der Waals surface area contributed by atoms with E-state index < -0.39 is 0 Å². The zero-order valence-corrected chi connectivity index (χ0v) is 7.83. The second-order valence-corrected chi connectivity index (χ2v) is 3.13. The van der Waals surface area contributed by atoms with Crippen molar-refractivity contribution in [2.75, 3.05) is 13.6 Å². The Labute approximate surface area is 76.8 Å². The molecule has 0 aliphatic carbocycles. The molecule has 4 heteroatoms. The Morgan fingerprint density at radius 3 is 2.77 bits per heavy atom. The number of rotatable bonds is 2. The van der Waals surface area contributed by atoms with Gasteiger partial charge in [0.15, 0.2) is 5.78 Å². The number of amides is 1. The molecule has 1 N–H and O–H groups in total. The van der Waals surface area contributed by atoms with Gasteiger partial charge in [0.05, 0.1) is 13.0 Å². The molecular formula is C9H13NO3. The van der Waals surface area contributed by atoms with Crippen molar-refractivity contribution >= 4 is 11.7 Å². The van der Waals surface area contributed by atoms with E-state index in [1.807, 2.05) is 0 Å². The zero-order valence-electron chi connectivity index (χ0n) is 7.83. The van der Waals surface area contributed by atoms with Gasteiger partial charge < -0.3 is 10.0 Å². The highest BCUT2D eigenvalue weighted by atomic mass is 16.3. The van der Waals surface area contributed by atoms with Crippen LogP contribution in [0.2, 0.25) is 0 Å². The van der Waals surface area contributed by atoms with E-state index in [0.29, 0.717) is 6.42 Å². The molecule has 13 heavy (non-hydrogen) atoms. The van der Waals surface area contributed by atoms with E-state index in [2.05, 4.69) is 0 Å². The van der Waals surface area contributed by atoms with Crippen LogP contribution in [-0.2, 0) is 9.59 Å². The van der Waals surface area contributed by atoms with Gasteiger partial charge in [-0.2, -0.15) is 0 Å². The van der Waals surface area contributed by atoms with Crippen LogP contribution in [-0.4, -0.2) is 35.3 Å². The van der Waals surface area contributed by atoms with Gasteiger partial charge in [-0.25, -0.2) is 0 Å².